The molecule has 1 aromatic carbocycles. The number of hydrogen-bond acceptors (Lipinski definition) is 6. The summed E-state index contributed by atoms with van der Waals surface area (Å²) in [6.45, 7) is 0.694. The Balaban J connectivity index is 0.000000305. The van der Waals surface area contributed by atoms with E-state index in [-0.39, 0.29) is 22.3 Å². The molecule has 2 aromatic rings. The zero-order chi connectivity index (χ0) is 20.6. The monoisotopic (exact) mass is 388 g/mol. The van der Waals surface area contributed by atoms with Crippen molar-refractivity contribution in [3.8, 4) is 35.8 Å². The second-order valence-electron chi connectivity index (χ2n) is 5.19. The van der Waals surface area contributed by atoms with Gasteiger partial charge in [-0.05, 0) is 36.2 Å². The molecule has 0 saturated carbocycles. The van der Waals surface area contributed by atoms with Gasteiger partial charge in [0, 0.05) is 24.7 Å². The number of benzene rings is 1. The minimum Gasteiger partial charge on any atom is -0.383 e. The first-order valence-corrected chi connectivity index (χ1v) is 8.27. The largest absolute Gasteiger partial charge is 0.383 e. The highest BCUT2D eigenvalue weighted by atomic mass is 32.1. The van der Waals surface area contributed by atoms with Crippen molar-refractivity contribution >= 4 is 23.3 Å². The van der Waals surface area contributed by atoms with Crippen molar-refractivity contribution in [2.45, 2.75) is 12.5 Å². The van der Waals surface area contributed by atoms with E-state index in [1.165, 1.54) is 23.1 Å². The van der Waals surface area contributed by atoms with Crippen molar-refractivity contribution in [3.05, 3.63) is 35.4 Å². The molecular formula is C18H17FN4O3S. The fourth-order valence-corrected chi connectivity index (χ4v) is 2.70. The van der Waals surface area contributed by atoms with Gasteiger partial charge in [-0.2, -0.15) is 4.37 Å². The Bertz CT molecular complexity index is 876. The van der Waals surface area contributed by atoms with E-state index in [1.54, 1.807) is 7.05 Å². The van der Waals surface area contributed by atoms with Crippen molar-refractivity contribution in [1.29, 1.82) is 0 Å². The predicted molar refractivity (Wildman–Crippen MR) is 99.9 cm³/mol. The second kappa shape index (κ2) is 10.0. The van der Waals surface area contributed by atoms with Crippen LogP contribution in [0.1, 0.15) is 22.6 Å². The Hall–Kier alpha value is -3.27. The molecule has 3 N–H and O–H groups in total. The molecule has 3 rings (SSSR count). The highest BCUT2D eigenvalue weighted by Crippen LogP contribution is 2.25. The number of carbonyl (C=O) groups is 2. The van der Waals surface area contributed by atoms with E-state index in [1.807, 2.05) is 0 Å². The van der Waals surface area contributed by atoms with Gasteiger partial charge in [0.25, 0.3) is 11.8 Å². The summed E-state index contributed by atoms with van der Waals surface area (Å²) in [5.74, 6) is 0.890. The van der Waals surface area contributed by atoms with Crippen molar-refractivity contribution < 1.29 is 19.1 Å². The molecule has 1 aromatic heterocycles. The summed E-state index contributed by atoms with van der Waals surface area (Å²) in [7, 11) is 1.69. The van der Waals surface area contributed by atoms with Crippen molar-refractivity contribution in [2.24, 2.45) is 5.73 Å². The van der Waals surface area contributed by atoms with E-state index in [9.17, 15) is 14.0 Å². The van der Waals surface area contributed by atoms with Crippen molar-refractivity contribution in [2.75, 3.05) is 13.6 Å². The van der Waals surface area contributed by atoms with Crippen LogP contribution in [0.25, 0.3) is 10.6 Å². The smallest absolute Gasteiger partial charge is 0.287 e. The summed E-state index contributed by atoms with van der Waals surface area (Å²) < 4.78 is 17.3. The zero-order valence-electron chi connectivity index (χ0n) is 14.4. The van der Waals surface area contributed by atoms with E-state index >= 15 is 0 Å². The lowest BCUT2D eigenvalue weighted by molar-refractivity contribution is -0.133. The zero-order valence-corrected chi connectivity index (χ0v) is 15.2. The molecular weight excluding hydrogens is 371 g/mol. The molecule has 27 heavy (non-hydrogen) atoms. The molecule has 0 bridgehead atoms. The van der Waals surface area contributed by atoms with E-state index in [2.05, 4.69) is 28.1 Å². The van der Waals surface area contributed by atoms with Gasteiger partial charge in [0.2, 0.25) is 5.82 Å². The van der Waals surface area contributed by atoms with Gasteiger partial charge in [0.05, 0.1) is 0 Å². The fraction of sp³-hybridized carbons (Fsp3) is 0.222. The highest BCUT2D eigenvalue weighted by Gasteiger charge is 2.26. The van der Waals surface area contributed by atoms with Crippen LogP contribution in [0.4, 0.5) is 4.39 Å². The molecule has 1 fully saturated rings. The SMILES string of the molecule is C#C.C#Cc1ccc(F)c(-c2nc(C(N)=O)ns2)c1.CN1CC[C@H](O)C1=O. The number of terminal acetylenes is 2. The average Bonchev–Trinajstić information content (AvgIpc) is 3.28. The van der Waals surface area contributed by atoms with Gasteiger partial charge >= 0.3 is 0 Å². The van der Waals surface area contributed by atoms with E-state index < -0.39 is 17.8 Å². The van der Waals surface area contributed by atoms with Gasteiger partial charge in [0.1, 0.15) is 16.9 Å². The number of aliphatic hydroxyl groups is 1. The van der Waals surface area contributed by atoms with Gasteiger partial charge in [-0.3, -0.25) is 9.59 Å². The lowest BCUT2D eigenvalue weighted by Crippen LogP contribution is -2.24. The quantitative estimate of drug-likeness (QED) is 0.743. The Kier molecular flexibility index (Phi) is 8.08. The summed E-state index contributed by atoms with van der Waals surface area (Å²) in [4.78, 5) is 26.8. The van der Waals surface area contributed by atoms with Crippen molar-refractivity contribution in [1.82, 2.24) is 14.3 Å². The van der Waals surface area contributed by atoms with Crippen LogP contribution >= 0.6 is 11.5 Å². The topological polar surface area (TPSA) is 109 Å². The fourth-order valence-electron chi connectivity index (χ4n) is 2.02. The average molecular weight is 388 g/mol. The van der Waals surface area contributed by atoms with Crippen LogP contribution in [-0.4, -0.2) is 50.9 Å². The van der Waals surface area contributed by atoms with Gasteiger partial charge in [-0.25, -0.2) is 9.37 Å². The van der Waals surface area contributed by atoms with Gasteiger partial charge in [-0.1, -0.05) is 5.92 Å². The number of halogens is 1. The van der Waals surface area contributed by atoms with Gasteiger partial charge in [-0.15, -0.1) is 19.3 Å². The Morgan fingerprint density at radius 2 is 2.15 bits per heavy atom. The molecule has 0 aliphatic carbocycles. The molecule has 140 valence electrons. The number of carbonyl (C=O) groups excluding carboxylic acids is 2. The maximum atomic E-state index is 13.6. The number of likely N-dealkylation sites (N-methyl/N-ethyl adjacent to an activating group) is 1. The minimum absolute atomic E-state index is 0.129. The van der Waals surface area contributed by atoms with Crippen LogP contribution in [0.2, 0.25) is 0 Å². The molecule has 0 unspecified atom stereocenters. The Morgan fingerprint density at radius 3 is 2.56 bits per heavy atom. The van der Waals surface area contributed by atoms with Crippen LogP contribution in [0, 0.1) is 31.0 Å². The molecule has 2 heterocycles. The lowest BCUT2D eigenvalue weighted by atomic mass is 10.1. The number of hydrogen-bond donors (Lipinski definition) is 2. The molecule has 2 amide bonds. The van der Waals surface area contributed by atoms with Crippen LogP contribution < -0.4 is 5.73 Å². The van der Waals surface area contributed by atoms with Crippen LogP contribution in [0.3, 0.4) is 0 Å². The van der Waals surface area contributed by atoms with Crippen LogP contribution in [-0.2, 0) is 4.79 Å². The molecule has 1 saturated heterocycles. The van der Waals surface area contributed by atoms with Gasteiger partial charge in [0.15, 0.2) is 0 Å². The minimum atomic E-state index is -0.749. The summed E-state index contributed by atoms with van der Waals surface area (Å²) in [5.41, 5.74) is 5.75. The normalized spacial score (nSPS) is 15.0. The van der Waals surface area contributed by atoms with Gasteiger partial charge < -0.3 is 15.7 Å². The number of nitrogens with two attached hydrogens (primary N) is 1. The highest BCUT2D eigenvalue weighted by molar-refractivity contribution is 7.09. The third-order valence-electron chi connectivity index (χ3n) is 3.41. The summed E-state index contributed by atoms with van der Waals surface area (Å²) in [5, 5.41) is 9.05. The first-order valence-electron chi connectivity index (χ1n) is 7.50. The van der Waals surface area contributed by atoms with Crippen LogP contribution in [0.15, 0.2) is 18.2 Å². The second-order valence-corrected chi connectivity index (χ2v) is 5.94. The Labute approximate surface area is 160 Å². The number of rotatable bonds is 2. The first kappa shape index (κ1) is 21.8. The molecule has 0 spiro atoms. The molecule has 9 heteroatoms. The predicted octanol–water partition coefficient (Wildman–Crippen LogP) is 0.883. The molecule has 1 atom stereocenters. The van der Waals surface area contributed by atoms with E-state index in [0.29, 0.717) is 18.5 Å². The summed E-state index contributed by atoms with van der Waals surface area (Å²) in [6.07, 6.45) is 13.1. The number of aliphatic hydroxyl groups excluding tert-OH is 1. The number of primary amides is 1. The number of aromatic nitrogens is 2. The lowest BCUT2D eigenvalue weighted by Gasteiger charge is -2.04. The third kappa shape index (κ3) is 5.61. The maximum Gasteiger partial charge on any atom is 0.287 e. The van der Waals surface area contributed by atoms with Crippen LogP contribution in [0.5, 0.6) is 0 Å². The number of amides is 2. The van der Waals surface area contributed by atoms with E-state index in [4.69, 9.17) is 17.3 Å². The third-order valence-corrected chi connectivity index (χ3v) is 4.16. The summed E-state index contributed by atoms with van der Waals surface area (Å²) in [6, 6.07) is 4.20. The first-order chi connectivity index (χ1) is 12.8. The maximum absolute atomic E-state index is 13.6. The molecule has 1 aliphatic heterocycles. The Morgan fingerprint density at radius 1 is 1.48 bits per heavy atom. The van der Waals surface area contributed by atoms with Crippen molar-refractivity contribution in [3.63, 3.8) is 0 Å². The molecule has 1 aliphatic rings. The molecule has 0 radical (unpaired) electrons. The summed E-state index contributed by atoms with van der Waals surface area (Å²) >= 11 is 0.894. The standard InChI is InChI=1S/C11H6FN3OS.C5H9NO2.C2H2/c1-2-6-3-4-8(12)7(5-6)11-14-10(9(13)16)15-17-11;1-6-3-2-4(7)5(6)8;1-2/h1,3-5H,(H2,13,16);4,7H,2-3H2,1H3;1-2H/t;4-;/m.0./s1. The number of likely N-dealkylation sites (tertiary alicyclic amines) is 1. The van der Waals surface area contributed by atoms with E-state index in [0.717, 1.165) is 11.5 Å². The number of nitrogens with zero attached hydrogens (tertiary/aromatic N) is 3. The molecule has 7 nitrogen and oxygen atoms in total.